The predicted molar refractivity (Wildman–Crippen MR) is 108 cm³/mol. The Morgan fingerprint density at radius 1 is 1.36 bits per heavy atom. The molecule has 0 amide bonds. The largest absolute Gasteiger partial charge is 0.342 e. The van der Waals surface area contributed by atoms with Gasteiger partial charge in [0, 0.05) is 23.8 Å². The molecule has 2 atom stereocenters. The lowest BCUT2D eigenvalue weighted by Crippen LogP contribution is -2.40. The molecule has 0 saturated carbocycles. The number of hydrogen-bond donors (Lipinski definition) is 2. The van der Waals surface area contributed by atoms with Gasteiger partial charge in [-0.1, -0.05) is 6.92 Å². The minimum atomic E-state index is -0.646. The number of aromatic nitrogens is 6. The van der Waals surface area contributed by atoms with Crippen LogP contribution in [0.4, 0.5) is 5.82 Å². The van der Waals surface area contributed by atoms with Crippen molar-refractivity contribution >= 4 is 29.1 Å². The molecule has 0 spiro atoms. The number of rotatable bonds is 6. The molecule has 0 aromatic carbocycles. The molecule has 0 saturated heterocycles. The van der Waals surface area contributed by atoms with Crippen molar-refractivity contribution < 1.29 is 0 Å². The highest BCUT2D eigenvalue weighted by molar-refractivity contribution is 7.11. The molecule has 3 aromatic rings. The SMILES string of the molecule is CCC1c2nncn2-c2cnc(C(C=N)C(=N)c3nccs3)nc2N1C(C)C. The molecular weight excluding hydrogens is 374 g/mol. The minimum absolute atomic E-state index is 0.0506. The van der Waals surface area contributed by atoms with Gasteiger partial charge in [-0.2, -0.15) is 0 Å². The van der Waals surface area contributed by atoms with Crippen LogP contribution in [0.15, 0.2) is 24.1 Å². The van der Waals surface area contributed by atoms with E-state index in [0.29, 0.717) is 10.8 Å². The molecule has 0 radical (unpaired) electrons. The Kier molecular flexibility index (Phi) is 4.71. The van der Waals surface area contributed by atoms with Crippen LogP contribution in [0.3, 0.4) is 0 Å². The van der Waals surface area contributed by atoms with Gasteiger partial charge in [0.15, 0.2) is 11.6 Å². The third kappa shape index (κ3) is 2.80. The van der Waals surface area contributed by atoms with Crippen molar-refractivity contribution in [3.05, 3.63) is 40.8 Å². The Morgan fingerprint density at radius 2 is 2.18 bits per heavy atom. The van der Waals surface area contributed by atoms with Gasteiger partial charge in [-0.15, -0.1) is 21.5 Å². The molecule has 10 heteroatoms. The van der Waals surface area contributed by atoms with Gasteiger partial charge in [0.05, 0.1) is 23.9 Å². The third-order valence-electron chi connectivity index (χ3n) is 4.84. The molecule has 4 rings (SSSR count). The maximum absolute atomic E-state index is 8.46. The van der Waals surface area contributed by atoms with Crippen LogP contribution in [0, 0.1) is 10.8 Å². The fourth-order valence-electron chi connectivity index (χ4n) is 3.58. The lowest BCUT2D eigenvalue weighted by atomic mass is 10.0. The molecule has 0 fully saturated rings. The zero-order valence-electron chi connectivity index (χ0n) is 15.9. The average molecular weight is 395 g/mol. The van der Waals surface area contributed by atoms with Gasteiger partial charge in [-0.25, -0.2) is 15.0 Å². The fraction of sp³-hybridized carbons (Fsp3) is 0.389. The van der Waals surface area contributed by atoms with E-state index in [1.54, 1.807) is 18.7 Å². The quantitative estimate of drug-likeness (QED) is 0.619. The van der Waals surface area contributed by atoms with Gasteiger partial charge in [0.25, 0.3) is 0 Å². The highest BCUT2D eigenvalue weighted by Gasteiger charge is 2.35. The van der Waals surface area contributed by atoms with Crippen LogP contribution in [-0.4, -0.2) is 47.7 Å². The Morgan fingerprint density at radius 3 is 2.82 bits per heavy atom. The van der Waals surface area contributed by atoms with E-state index in [4.69, 9.17) is 15.8 Å². The molecule has 0 bridgehead atoms. The molecule has 144 valence electrons. The van der Waals surface area contributed by atoms with Crippen molar-refractivity contribution in [1.29, 1.82) is 10.8 Å². The Balaban J connectivity index is 1.84. The van der Waals surface area contributed by atoms with Gasteiger partial charge in [-0.3, -0.25) is 4.57 Å². The summed E-state index contributed by atoms with van der Waals surface area (Å²) in [7, 11) is 0. The predicted octanol–water partition coefficient (Wildman–Crippen LogP) is 2.99. The second-order valence-corrected chi connectivity index (χ2v) is 7.71. The summed E-state index contributed by atoms with van der Waals surface area (Å²) in [6, 6.07) is 0.239. The summed E-state index contributed by atoms with van der Waals surface area (Å²) in [5.74, 6) is 1.43. The van der Waals surface area contributed by atoms with Crippen LogP contribution < -0.4 is 4.90 Å². The van der Waals surface area contributed by atoms with Gasteiger partial charge in [-0.05, 0) is 20.3 Å². The number of anilines is 1. The lowest BCUT2D eigenvalue weighted by Gasteiger charge is -2.39. The van der Waals surface area contributed by atoms with E-state index in [2.05, 4.69) is 45.8 Å². The topological polar surface area (TPSA) is 120 Å². The molecule has 28 heavy (non-hydrogen) atoms. The maximum Gasteiger partial charge on any atom is 0.160 e. The van der Waals surface area contributed by atoms with Crippen LogP contribution in [0.1, 0.15) is 55.8 Å². The van der Waals surface area contributed by atoms with E-state index in [9.17, 15) is 0 Å². The van der Waals surface area contributed by atoms with Gasteiger partial charge in [0.2, 0.25) is 0 Å². The molecule has 9 nitrogen and oxygen atoms in total. The van der Waals surface area contributed by atoms with Gasteiger partial charge in [0.1, 0.15) is 22.8 Å². The van der Waals surface area contributed by atoms with Crippen molar-refractivity contribution in [2.75, 3.05) is 4.90 Å². The fourth-order valence-corrected chi connectivity index (χ4v) is 4.20. The Bertz CT molecular complexity index is 1010. The summed E-state index contributed by atoms with van der Waals surface area (Å²) in [5, 5.41) is 27.1. The number of fused-ring (bicyclic) bond motifs is 3. The first kappa shape index (κ1) is 18.4. The standard InChI is InChI=1S/C18H21N9S/c1-4-12-17-25-23-9-26(17)13-8-22-15(24-16(13)27(12)10(2)3)11(7-19)14(20)18-21-5-6-28-18/h5-12,19-20H,4H2,1-3H3. The third-order valence-corrected chi connectivity index (χ3v) is 5.65. The second kappa shape index (κ2) is 7.19. The first-order valence-corrected chi connectivity index (χ1v) is 9.99. The number of thiazole rings is 1. The molecular formula is C18H21N9S. The van der Waals surface area contributed by atoms with E-state index in [0.717, 1.165) is 23.8 Å². The zero-order chi connectivity index (χ0) is 19.8. The Labute approximate surface area is 166 Å². The molecule has 0 aliphatic carbocycles. The summed E-state index contributed by atoms with van der Waals surface area (Å²) < 4.78 is 1.93. The second-order valence-electron chi connectivity index (χ2n) is 6.82. The monoisotopic (exact) mass is 395 g/mol. The molecule has 1 aliphatic rings. The Hall–Kier alpha value is -3.01. The summed E-state index contributed by atoms with van der Waals surface area (Å²) in [5.41, 5.74) is 1.04. The van der Waals surface area contributed by atoms with Crippen molar-refractivity contribution in [3.8, 4) is 5.69 Å². The molecule has 2 N–H and O–H groups in total. The van der Waals surface area contributed by atoms with Crippen molar-refractivity contribution in [2.45, 2.75) is 45.2 Å². The van der Waals surface area contributed by atoms with Gasteiger partial charge < -0.3 is 15.7 Å². The summed E-state index contributed by atoms with van der Waals surface area (Å²) >= 11 is 1.37. The zero-order valence-corrected chi connectivity index (χ0v) is 16.7. The molecule has 2 unspecified atom stereocenters. The molecule has 4 heterocycles. The summed E-state index contributed by atoms with van der Waals surface area (Å²) in [6.07, 6.45) is 7.14. The average Bonchev–Trinajstić information content (AvgIpc) is 3.38. The van der Waals surface area contributed by atoms with Crippen LogP contribution in [-0.2, 0) is 0 Å². The highest BCUT2D eigenvalue weighted by Crippen LogP contribution is 2.39. The van der Waals surface area contributed by atoms with Crippen LogP contribution in [0.25, 0.3) is 5.69 Å². The number of nitrogens with one attached hydrogen (secondary N) is 2. The molecule has 1 aliphatic heterocycles. The highest BCUT2D eigenvalue weighted by atomic mass is 32.1. The van der Waals surface area contributed by atoms with Crippen LogP contribution in [0.5, 0.6) is 0 Å². The number of nitrogens with zero attached hydrogens (tertiary/aromatic N) is 7. The maximum atomic E-state index is 8.46. The smallest absolute Gasteiger partial charge is 0.160 e. The van der Waals surface area contributed by atoms with E-state index in [1.807, 2.05) is 9.95 Å². The summed E-state index contributed by atoms with van der Waals surface area (Å²) in [6.45, 7) is 6.35. The van der Waals surface area contributed by atoms with Crippen molar-refractivity contribution in [1.82, 2.24) is 29.7 Å². The van der Waals surface area contributed by atoms with E-state index in [1.165, 1.54) is 17.6 Å². The van der Waals surface area contributed by atoms with Crippen molar-refractivity contribution in [2.24, 2.45) is 0 Å². The number of hydrogen-bond acceptors (Lipinski definition) is 9. The summed E-state index contributed by atoms with van der Waals surface area (Å²) in [4.78, 5) is 15.7. The lowest BCUT2D eigenvalue weighted by molar-refractivity contribution is 0.496. The van der Waals surface area contributed by atoms with E-state index in [-0.39, 0.29) is 17.8 Å². The molecule has 3 aromatic heterocycles. The van der Waals surface area contributed by atoms with E-state index >= 15 is 0 Å². The van der Waals surface area contributed by atoms with Crippen LogP contribution >= 0.6 is 11.3 Å². The van der Waals surface area contributed by atoms with E-state index < -0.39 is 5.92 Å². The first-order valence-electron chi connectivity index (χ1n) is 9.11. The van der Waals surface area contributed by atoms with Gasteiger partial charge >= 0.3 is 0 Å². The van der Waals surface area contributed by atoms with Crippen molar-refractivity contribution in [3.63, 3.8) is 0 Å². The van der Waals surface area contributed by atoms with Crippen LogP contribution in [0.2, 0.25) is 0 Å². The first-order chi connectivity index (χ1) is 13.6. The minimum Gasteiger partial charge on any atom is -0.342 e. The normalized spacial score (nSPS) is 16.6.